The summed E-state index contributed by atoms with van der Waals surface area (Å²) in [6, 6.07) is 7.75. The van der Waals surface area contributed by atoms with Crippen LogP contribution in [-0.2, 0) is 0 Å². The lowest BCUT2D eigenvalue weighted by molar-refractivity contribution is 0.0963. The number of methoxy groups -OCH3 is 1. The van der Waals surface area contributed by atoms with Gasteiger partial charge in [-0.3, -0.25) is 0 Å². The van der Waals surface area contributed by atoms with Crippen molar-refractivity contribution in [3.8, 4) is 5.75 Å². The molecule has 18 heavy (non-hydrogen) atoms. The van der Waals surface area contributed by atoms with Crippen molar-refractivity contribution in [2.24, 2.45) is 11.1 Å². The van der Waals surface area contributed by atoms with E-state index in [1.807, 2.05) is 24.3 Å². The van der Waals surface area contributed by atoms with E-state index in [1.165, 1.54) is 0 Å². The summed E-state index contributed by atoms with van der Waals surface area (Å²) >= 11 is 0. The van der Waals surface area contributed by atoms with Crippen molar-refractivity contribution in [2.45, 2.75) is 39.2 Å². The van der Waals surface area contributed by atoms with Gasteiger partial charge in [0, 0.05) is 18.0 Å². The van der Waals surface area contributed by atoms with E-state index in [4.69, 9.17) is 10.5 Å². The highest BCUT2D eigenvalue weighted by Gasteiger charge is 2.26. The van der Waals surface area contributed by atoms with Gasteiger partial charge in [0.25, 0.3) is 0 Å². The third-order valence-electron chi connectivity index (χ3n) is 3.08. The summed E-state index contributed by atoms with van der Waals surface area (Å²) in [5.74, 6) is 0.710. The lowest BCUT2D eigenvalue weighted by atomic mass is 9.82. The second kappa shape index (κ2) is 6.21. The van der Waals surface area contributed by atoms with Crippen molar-refractivity contribution < 1.29 is 9.84 Å². The molecule has 0 heterocycles. The minimum absolute atomic E-state index is 0.0782. The van der Waals surface area contributed by atoms with Crippen LogP contribution >= 0.6 is 0 Å². The van der Waals surface area contributed by atoms with Crippen molar-refractivity contribution in [1.29, 1.82) is 0 Å². The molecule has 3 nitrogen and oxygen atoms in total. The van der Waals surface area contributed by atoms with Crippen LogP contribution in [0.15, 0.2) is 24.3 Å². The average Bonchev–Trinajstić information content (AvgIpc) is 2.28. The van der Waals surface area contributed by atoms with E-state index in [-0.39, 0.29) is 11.3 Å². The SMILES string of the molecule is COc1ccccc1C(CN)C(O)CC(C)(C)C. The monoisotopic (exact) mass is 251 g/mol. The average molecular weight is 251 g/mol. The molecular weight excluding hydrogens is 226 g/mol. The number of aliphatic hydroxyl groups excluding tert-OH is 1. The molecule has 0 aliphatic heterocycles. The van der Waals surface area contributed by atoms with Crippen LogP contribution in [0.1, 0.15) is 38.7 Å². The second-order valence-corrected chi connectivity index (χ2v) is 5.92. The molecule has 1 aromatic carbocycles. The first-order valence-electron chi connectivity index (χ1n) is 6.40. The molecule has 0 radical (unpaired) electrons. The number of ether oxygens (including phenoxy) is 1. The standard InChI is InChI=1S/C15H25NO2/c1-15(2,3)9-13(17)12(10-16)11-7-5-6-8-14(11)18-4/h5-8,12-13,17H,9-10,16H2,1-4H3. The molecule has 102 valence electrons. The van der Waals surface area contributed by atoms with Crippen LogP contribution in [0.5, 0.6) is 5.75 Å². The van der Waals surface area contributed by atoms with Crippen LogP contribution in [0, 0.1) is 5.41 Å². The van der Waals surface area contributed by atoms with E-state index in [1.54, 1.807) is 7.11 Å². The van der Waals surface area contributed by atoms with Gasteiger partial charge in [0.15, 0.2) is 0 Å². The molecule has 1 aromatic rings. The number of aliphatic hydroxyl groups is 1. The fourth-order valence-corrected chi connectivity index (χ4v) is 2.23. The molecule has 2 atom stereocenters. The van der Waals surface area contributed by atoms with Gasteiger partial charge < -0.3 is 15.6 Å². The minimum Gasteiger partial charge on any atom is -0.496 e. The summed E-state index contributed by atoms with van der Waals surface area (Å²) in [5, 5.41) is 10.4. The van der Waals surface area contributed by atoms with E-state index in [9.17, 15) is 5.11 Å². The molecule has 0 saturated heterocycles. The maximum atomic E-state index is 10.4. The third-order valence-corrected chi connectivity index (χ3v) is 3.08. The fraction of sp³-hybridized carbons (Fsp3) is 0.600. The molecule has 0 aromatic heterocycles. The first-order chi connectivity index (χ1) is 8.39. The van der Waals surface area contributed by atoms with Crippen LogP contribution in [0.25, 0.3) is 0 Å². The zero-order valence-corrected chi connectivity index (χ0v) is 11.8. The number of benzene rings is 1. The molecule has 3 N–H and O–H groups in total. The number of hydrogen-bond donors (Lipinski definition) is 2. The van der Waals surface area contributed by atoms with Gasteiger partial charge in [-0.2, -0.15) is 0 Å². The summed E-state index contributed by atoms with van der Waals surface area (Å²) in [6.45, 7) is 6.77. The lowest BCUT2D eigenvalue weighted by Crippen LogP contribution is -2.29. The van der Waals surface area contributed by atoms with Crippen LogP contribution in [-0.4, -0.2) is 24.9 Å². The van der Waals surface area contributed by atoms with Gasteiger partial charge in [-0.1, -0.05) is 39.0 Å². The first kappa shape index (κ1) is 15.0. The summed E-state index contributed by atoms with van der Waals surface area (Å²) < 4.78 is 5.34. The van der Waals surface area contributed by atoms with E-state index in [0.717, 1.165) is 11.3 Å². The molecule has 2 unspecified atom stereocenters. The predicted octanol–water partition coefficient (Wildman–Crippen LogP) is 2.53. The molecule has 3 heteroatoms. The van der Waals surface area contributed by atoms with E-state index in [0.29, 0.717) is 13.0 Å². The van der Waals surface area contributed by atoms with Crippen LogP contribution in [0.4, 0.5) is 0 Å². The van der Waals surface area contributed by atoms with Gasteiger partial charge in [0.2, 0.25) is 0 Å². The van der Waals surface area contributed by atoms with Gasteiger partial charge in [-0.25, -0.2) is 0 Å². The molecule has 0 bridgehead atoms. The Morgan fingerprint density at radius 1 is 1.28 bits per heavy atom. The Labute approximate surface area is 110 Å². The van der Waals surface area contributed by atoms with E-state index >= 15 is 0 Å². The predicted molar refractivity (Wildman–Crippen MR) is 74.9 cm³/mol. The Morgan fingerprint density at radius 2 is 1.89 bits per heavy atom. The summed E-state index contributed by atoms with van der Waals surface area (Å²) in [4.78, 5) is 0. The first-order valence-corrected chi connectivity index (χ1v) is 6.40. The molecule has 0 aliphatic carbocycles. The highest BCUT2D eigenvalue weighted by atomic mass is 16.5. The molecule has 1 rings (SSSR count). The topological polar surface area (TPSA) is 55.5 Å². The molecule has 0 spiro atoms. The quantitative estimate of drug-likeness (QED) is 0.845. The Balaban J connectivity index is 2.95. The molecule has 0 fully saturated rings. The van der Waals surface area contributed by atoms with Gasteiger partial charge in [0.1, 0.15) is 5.75 Å². The lowest BCUT2D eigenvalue weighted by Gasteiger charge is -2.29. The molecule has 0 aliphatic rings. The van der Waals surface area contributed by atoms with E-state index < -0.39 is 6.10 Å². The molecule has 0 saturated carbocycles. The fourth-order valence-electron chi connectivity index (χ4n) is 2.23. The Morgan fingerprint density at radius 3 is 2.39 bits per heavy atom. The third kappa shape index (κ3) is 4.00. The largest absolute Gasteiger partial charge is 0.496 e. The number of hydrogen-bond acceptors (Lipinski definition) is 3. The Hall–Kier alpha value is -1.06. The number of para-hydroxylation sites is 1. The molecular formula is C15H25NO2. The second-order valence-electron chi connectivity index (χ2n) is 5.92. The summed E-state index contributed by atoms with van der Waals surface area (Å²) in [5.41, 5.74) is 6.90. The highest BCUT2D eigenvalue weighted by Crippen LogP contribution is 2.33. The Bertz CT molecular complexity index is 371. The van der Waals surface area contributed by atoms with Crippen LogP contribution < -0.4 is 10.5 Å². The zero-order chi connectivity index (χ0) is 13.8. The van der Waals surface area contributed by atoms with Crippen molar-refractivity contribution in [1.82, 2.24) is 0 Å². The smallest absolute Gasteiger partial charge is 0.122 e. The minimum atomic E-state index is -0.453. The highest BCUT2D eigenvalue weighted by molar-refractivity contribution is 5.37. The van der Waals surface area contributed by atoms with Crippen LogP contribution in [0.3, 0.4) is 0 Å². The summed E-state index contributed by atoms with van der Waals surface area (Å²) in [7, 11) is 1.64. The number of nitrogens with two attached hydrogens (primary N) is 1. The van der Waals surface area contributed by atoms with Gasteiger partial charge in [0.05, 0.1) is 13.2 Å². The zero-order valence-electron chi connectivity index (χ0n) is 11.8. The summed E-state index contributed by atoms with van der Waals surface area (Å²) in [6.07, 6.45) is 0.263. The van der Waals surface area contributed by atoms with Gasteiger partial charge >= 0.3 is 0 Å². The Kier molecular flexibility index (Phi) is 5.17. The molecule has 0 amide bonds. The van der Waals surface area contributed by atoms with E-state index in [2.05, 4.69) is 20.8 Å². The van der Waals surface area contributed by atoms with Gasteiger partial charge in [-0.15, -0.1) is 0 Å². The normalized spacial score (nSPS) is 15.2. The van der Waals surface area contributed by atoms with Crippen molar-refractivity contribution in [3.63, 3.8) is 0 Å². The van der Waals surface area contributed by atoms with Crippen molar-refractivity contribution in [2.75, 3.05) is 13.7 Å². The maximum Gasteiger partial charge on any atom is 0.122 e. The van der Waals surface area contributed by atoms with Crippen molar-refractivity contribution in [3.05, 3.63) is 29.8 Å². The van der Waals surface area contributed by atoms with Crippen molar-refractivity contribution >= 4 is 0 Å². The van der Waals surface area contributed by atoms with Crippen LogP contribution in [0.2, 0.25) is 0 Å². The maximum absolute atomic E-state index is 10.4. The van der Waals surface area contributed by atoms with Gasteiger partial charge in [-0.05, 0) is 17.9 Å². The number of rotatable bonds is 5.